The SMILES string of the molecule is C=C(O)[C@]12CC[C@@H](C(C)C)[C@@H]1C1CC[C@@H]3[C@@]4(C)CCC(O)[C@@](C)(CO)[C@@H]4CC[C@@]3(C)[C@]1(C)CC2. The molecule has 5 aliphatic carbocycles. The molecule has 3 N–H and O–H groups in total. The second-order valence-corrected chi connectivity index (χ2v) is 15.0. The molecule has 11 atom stereocenters. The Kier molecular flexibility index (Phi) is 5.71. The Balaban J connectivity index is 1.56. The second kappa shape index (κ2) is 7.73. The highest BCUT2D eigenvalue weighted by Gasteiger charge is 2.71. The van der Waals surface area contributed by atoms with Crippen LogP contribution in [0.1, 0.15) is 106 Å². The molecule has 2 unspecified atom stereocenters. The van der Waals surface area contributed by atoms with Gasteiger partial charge in [0.2, 0.25) is 0 Å². The maximum atomic E-state index is 11.0. The average molecular weight is 473 g/mol. The molecule has 34 heavy (non-hydrogen) atoms. The predicted molar refractivity (Wildman–Crippen MR) is 138 cm³/mol. The van der Waals surface area contributed by atoms with Gasteiger partial charge in [0, 0.05) is 10.8 Å². The van der Waals surface area contributed by atoms with Gasteiger partial charge in [-0.25, -0.2) is 0 Å². The first kappa shape index (κ1) is 25.1. The van der Waals surface area contributed by atoms with Crippen molar-refractivity contribution >= 4 is 0 Å². The molecule has 0 aromatic rings. The Hall–Kier alpha value is -0.540. The summed E-state index contributed by atoms with van der Waals surface area (Å²) >= 11 is 0. The van der Waals surface area contributed by atoms with Crippen molar-refractivity contribution in [1.82, 2.24) is 0 Å². The number of hydrogen-bond donors (Lipinski definition) is 3. The van der Waals surface area contributed by atoms with E-state index < -0.39 is 0 Å². The Labute approximate surface area is 208 Å². The third-order valence-corrected chi connectivity index (χ3v) is 14.0. The number of allylic oxidation sites excluding steroid dienone is 1. The van der Waals surface area contributed by atoms with E-state index in [0.717, 1.165) is 32.1 Å². The molecular weight excluding hydrogens is 420 g/mol. The molecule has 5 fully saturated rings. The summed E-state index contributed by atoms with van der Waals surface area (Å²) in [6.07, 6.45) is 11.0. The molecule has 3 heteroatoms. The van der Waals surface area contributed by atoms with Crippen LogP contribution >= 0.6 is 0 Å². The van der Waals surface area contributed by atoms with Crippen LogP contribution in [0.2, 0.25) is 0 Å². The van der Waals surface area contributed by atoms with E-state index in [4.69, 9.17) is 0 Å². The van der Waals surface area contributed by atoms with Crippen LogP contribution in [0.5, 0.6) is 0 Å². The van der Waals surface area contributed by atoms with E-state index in [1.54, 1.807) is 0 Å². The van der Waals surface area contributed by atoms with Crippen LogP contribution in [0.4, 0.5) is 0 Å². The predicted octanol–water partition coefficient (Wildman–Crippen LogP) is 7.13. The highest BCUT2D eigenvalue weighted by molar-refractivity contribution is 5.23. The van der Waals surface area contributed by atoms with Gasteiger partial charge >= 0.3 is 0 Å². The maximum absolute atomic E-state index is 11.0. The van der Waals surface area contributed by atoms with Gasteiger partial charge in [-0.05, 0) is 116 Å². The Morgan fingerprint density at radius 1 is 0.853 bits per heavy atom. The first-order chi connectivity index (χ1) is 15.8. The zero-order chi connectivity index (χ0) is 24.9. The van der Waals surface area contributed by atoms with Crippen LogP contribution in [0.25, 0.3) is 0 Å². The molecule has 0 bridgehead atoms. The first-order valence-electron chi connectivity index (χ1n) is 14.5. The van der Waals surface area contributed by atoms with Crippen molar-refractivity contribution in [2.24, 2.45) is 62.6 Å². The standard InChI is InChI=1S/C31H52O3/c1-19(2)21-10-15-31(20(3)33)17-16-29(6)22(26(21)31)8-9-24-27(4)13-12-25(34)28(5,18-32)23(27)11-14-30(24,29)7/h19,21-26,32-34H,3,8-18H2,1-2,4-7H3/t21-,22?,23+,24+,25?,26+,27-,28-,29+,30+,31+/m0/s1. The molecular formula is C31H52O3. The minimum Gasteiger partial charge on any atom is -0.512 e. The van der Waals surface area contributed by atoms with Gasteiger partial charge in [0.25, 0.3) is 0 Å². The van der Waals surface area contributed by atoms with Crippen LogP contribution in [0, 0.1) is 62.6 Å². The zero-order valence-electron chi connectivity index (χ0n) is 22.9. The number of fused-ring (bicyclic) bond motifs is 7. The Bertz CT molecular complexity index is 837. The number of aliphatic hydroxyl groups excluding tert-OH is 3. The molecule has 0 radical (unpaired) electrons. The molecule has 3 nitrogen and oxygen atoms in total. The van der Waals surface area contributed by atoms with E-state index in [-0.39, 0.29) is 39.8 Å². The van der Waals surface area contributed by atoms with Crippen molar-refractivity contribution in [3.8, 4) is 0 Å². The summed E-state index contributed by atoms with van der Waals surface area (Å²) < 4.78 is 0. The molecule has 0 heterocycles. The summed E-state index contributed by atoms with van der Waals surface area (Å²) in [6.45, 7) is 19.0. The van der Waals surface area contributed by atoms with Crippen LogP contribution in [0.15, 0.2) is 12.3 Å². The lowest BCUT2D eigenvalue weighted by Crippen LogP contribution is -2.67. The molecule has 0 aliphatic heterocycles. The fraction of sp³-hybridized carbons (Fsp3) is 0.935. The summed E-state index contributed by atoms with van der Waals surface area (Å²) in [7, 11) is 0. The lowest BCUT2D eigenvalue weighted by Gasteiger charge is -2.73. The van der Waals surface area contributed by atoms with Crippen molar-refractivity contribution in [3.05, 3.63) is 12.3 Å². The average Bonchev–Trinajstić information content (AvgIpc) is 3.18. The van der Waals surface area contributed by atoms with Crippen molar-refractivity contribution in [1.29, 1.82) is 0 Å². The third kappa shape index (κ3) is 2.84. The van der Waals surface area contributed by atoms with Gasteiger partial charge < -0.3 is 15.3 Å². The largest absolute Gasteiger partial charge is 0.512 e. The maximum Gasteiger partial charge on any atom is 0.0915 e. The fourth-order valence-electron chi connectivity index (χ4n) is 11.9. The fourth-order valence-corrected chi connectivity index (χ4v) is 11.9. The van der Waals surface area contributed by atoms with E-state index in [1.807, 2.05) is 0 Å². The minimum atomic E-state index is -0.386. The molecule has 194 valence electrons. The summed E-state index contributed by atoms with van der Waals surface area (Å²) in [5.41, 5.74) is 0.286. The summed E-state index contributed by atoms with van der Waals surface area (Å²) in [5, 5.41) is 32.4. The molecule has 0 aromatic carbocycles. The number of hydrogen-bond acceptors (Lipinski definition) is 3. The van der Waals surface area contributed by atoms with Gasteiger partial charge in [-0.3, -0.25) is 0 Å². The number of rotatable bonds is 3. The highest BCUT2D eigenvalue weighted by atomic mass is 16.3. The summed E-state index contributed by atoms with van der Waals surface area (Å²) in [5.74, 6) is 4.05. The van der Waals surface area contributed by atoms with Crippen molar-refractivity contribution < 1.29 is 15.3 Å². The normalized spacial score (nSPS) is 56.9. The van der Waals surface area contributed by atoms with Crippen molar-refractivity contribution in [2.75, 3.05) is 6.61 Å². The molecule has 0 aromatic heterocycles. The smallest absolute Gasteiger partial charge is 0.0915 e. The van der Waals surface area contributed by atoms with E-state index >= 15 is 0 Å². The van der Waals surface area contributed by atoms with E-state index in [0.29, 0.717) is 41.3 Å². The Morgan fingerprint density at radius 2 is 1.56 bits per heavy atom. The quantitative estimate of drug-likeness (QED) is 0.383. The molecule has 0 amide bonds. The van der Waals surface area contributed by atoms with Gasteiger partial charge in [-0.2, -0.15) is 0 Å². The van der Waals surface area contributed by atoms with E-state index in [1.165, 1.54) is 32.1 Å². The highest BCUT2D eigenvalue weighted by Crippen LogP contribution is 2.78. The minimum absolute atomic E-state index is 0.0617. The number of aliphatic hydroxyl groups is 3. The van der Waals surface area contributed by atoms with Gasteiger partial charge in [-0.15, -0.1) is 0 Å². The van der Waals surface area contributed by atoms with E-state index in [2.05, 4.69) is 48.1 Å². The topological polar surface area (TPSA) is 60.7 Å². The van der Waals surface area contributed by atoms with Gasteiger partial charge in [0.1, 0.15) is 0 Å². The molecule has 5 saturated carbocycles. The van der Waals surface area contributed by atoms with Crippen LogP contribution in [0.3, 0.4) is 0 Å². The van der Waals surface area contributed by atoms with Crippen LogP contribution in [-0.4, -0.2) is 28.0 Å². The second-order valence-electron chi connectivity index (χ2n) is 15.0. The van der Waals surface area contributed by atoms with Gasteiger partial charge in [0.05, 0.1) is 18.5 Å². The first-order valence-corrected chi connectivity index (χ1v) is 14.5. The van der Waals surface area contributed by atoms with Crippen LogP contribution in [-0.2, 0) is 0 Å². The van der Waals surface area contributed by atoms with Gasteiger partial charge in [0.15, 0.2) is 0 Å². The molecule has 0 spiro atoms. The molecule has 0 saturated heterocycles. The van der Waals surface area contributed by atoms with Gasteiger partial charge in [-0.1, -0.05) is 48.1 Å². The Morgan fingerprint density at radius 3 is 2.18 bits per heavy atom. The van der Waals surface area contributed by atoms with Crippen molar-refractivity contribution in [2.45, 2.75) is 112 Å². The van der Waals surface area contributed by atoms with Crippen molar-refractivity contribution in [3.63, 3.8) is 0 Å². The summed E-state index contributed by atoms with van der Waals surface area (Å²) in [4.78, 5) is 0. The monoisotopic (exact) mass is 472 g/mol. The lowest BCUT2D eigenvalue weighted by atomic mass is 9.32. The summed E-state index contributed by atoms with van der Waals surface area (Å²) in [6, 6.07) is 0. The molecule has 5 rings (SSSR count). The van der Waals surface area contributed by atoms with Crippen LogP contribution < -0.4 is 0 Å². The molecule has 5 aliphatic rings. The lowest BCUT2D eigenvalue weighted by molar-refractivity contribution is -0.254. The van der Waals surface area contributed by atoms with E-state index in [9.17, 15) is 15.3 Å². The zero-order valence-corrected chi connectivity index (χ0v) is 22.9. The third-order valence-electron chi connectivity index (χ3n) is 14.0.